The lowest BCUT2D eigenvalue weighted by Gasteiger charge is -2.09. The molecular formula is C17H17BrN4O2S. The molecule has 2 aromatic heterocycles. The maximum absolute atomic E-state index is 12.1. The van der Waals surface area contributed by atoms with E-state index in [1.807, 2.05) is 30.5 Å². The molecule has 25 heavy (non-hydrogen) atoms. The van der Waals surface area contributed by atoms with Gasteiger partial charge in [0.1, 0.15) is 5.76 Å². The van der Waals surface area contributed by atoms with Crippen LogP contribution in [0.25, 0.3) is 11.3 Å². The van der Waals surface area contributed by atoms with Gasteiger partial charge in [0.05, 0.1) is 17.6 Å². The van der Waals surface area contributed by atoms with Crippen LogP contribution in [0.2, 0.25) is 0 Å². The lowest BCUT2D eigenvalue weighted by molar-refractivity contribution is -0.113. The molecule has 8 heteroatoms. The third kappa shape index (κ3) is 4.32. The van der Waals surface area contributed by atoms with Gasteiger partial charge in [0.25, 0.3) is 0 Å². The van der Waals surface area contributed by atoms with Crippen molar-refractivity contribution in [2.45, 2.75) is 25.5 Å². The number of aromatic nitrogens is 3. The van der Waals surface area contributed by atoms with Crippen LogP contribution in [0.5, 0.6) is 0 Å². The average molecular weight is 421 g/mol. The second-order valence-electron chi connectivity index (χ2n) is 5.34. The lowest BCUT2D eigenvalue weighted by atomic mass is 10.2. The number of nitrogens with zero attached hydrogens (tertiary/aromatic N) is 3. The standard InChI is InChI=1S/C17H17BrN4O2S/c1-3-22-14(12-4-6-13(18)7-5-12)9-19-17(22)25-10-16(23)20-15-8-11(2)24-21-15/h4-9H,3,10H2,1-2H3,(H,20,21,23). The molecule has 0 atom stereocenters. The molecule has 6 nitrogen and oxygen atoms in total. The normalized spacial score (nSPS) is 10.8. The molecule has 0 saturated carbocycles. The fourth-order valence-corrected chi connectivity index (χ4v) is 3.47. The summed E-state index contributed by atoms with van der Waals surface area (Å²) in [5.41, 5.74) is 2.12. The van der Waals surface area contributed by atoms with E-state index in [1.54, 1.807) is 13.0 Å². The number of benzene rings is 1. The highest BCUT2D eigenvalue weighted by Gasteiger charge is 2.13. The second-order valence-corrected chi connectivity index (χ2v) is 7.19. The first-order valence-electron chi connectivity index (χ1n) is 7.74. The minimum atomic E-state index is -0.144. The molecule has 0 bridgehead atoms. The number of aryl methyl sites for hydroxylation is 1. The van der Waals surface area contributed by atoms with E-state index in [0.29, 0.717) is 11.6 Å². The molecule has 3 rings (SSSR count). The molecule has 0 aliphatic heterocycles. The molecule has 0 fully saturated rings. The van der Waals surface area contributed by atoms with E-state index in [0.717, 1.165) is 27.4 Å². The Hall–Kier alpha value is -2.06. The van der Waals surface area contributed by atoms with E-state index in [4.69, 9.17) is 4.52 Å². The fraction of sp³-hybridized carbons (Fsp3) is 0.235. The van der Waals surface area contributed by atoms with Crippen molar-refractivity contribution in [1.29, 1.82) is 0 Å². The molecule has 0 aliphatic rings. The zero-order valence-electron chi connectivity index (χ0n) is 13.8. The van der Waals surface area contributed by atoms with Crippen molar-refractivity contribution in [3.8, 4) is 11.3 Å². The van der Waals surface area contributed by atoms with Crippen LogP contribution in [0.1, 0.15) is 12.7 Å². The zero-order chi connectivity index (χ0) is 17.8. The number of carbonyl (C=O) groups is 1. The number of thioether (sulfide) groups is 1. The van der Waals surface area contributed by atoms with Gasteiger partial charge < -0.3 is 14.4 Å². The van der Waals surface area contributed by atoms with Crippen LogP contribution in [0, 0.1) is 6.92 Å². The van der Waals surface area contributed by atoms with Crippen molar-refractivity contribution in [1.82, 2.24) is 14.7 Å². The van der Waals surface area contributed by atoms with Crippen LogP contribution in [0.3, 0.4) is 0 Å². The van der Waals surface area contributed by atoms with E-state index in [-0.39, 0.29) is 11.7 Å². The average Bonchev–Trinajstić information content (AvgIpc) is 3.19. The van der Waals surface area contributed by atoms with Crippen molar-refractivity contribution in [3.63, 3.8) is 0 Å². The van der Waals surface area contributed by atoms with Crippen LogP contribution >= 0.6 is 27.7 Å². The predicted molar refractivity (Wildman–Crippen MR) is 102 cm³/mol. The SMILES string of the molecule is CCn1c(-c2ccc(Br)cc2)cnc1SCC(=O)Nc1cc(C)on1. The van der Waals surface area contributed by atoms with Crippen molar-refractivity contribution in [2.75, 3.05) is 11.1 Å². The van der Waals surface area contributed by atoms with Gasteiger partial charge in [0.2, 0.25) is 5.91 Å². The third-order valence-corrected chi connectivity index (χ3v) is 5.02. The number of halogens is 1. The third-order valence-electron chi connectivity index (χ3n) is 3.50. The number of carbonyl (C=O) groups excluding carboxylic acids is 1. The predicted octanol–water partition coefficient (Wildman–Crippen LogP) is 4.36. The van der Waals surface area contributed by atoms with Gasteiger partial charge in [-0.15, -0.1) is 0 Å². The second kappa shape index (κ2) is 7.88. The van der Waals surface area contributed by atoms with Crippen LogP contribution in [-0.4, -0.2) is 26.4 Å². The summed E-state index contributed by atoms with van der Waals surface area (Å²) < 4.78 is 8.07. The molecular weight excluding hydrogens is 404 g/mol. The lowest BCUT2D eigenvalue weighted by Crippen LogP contribution is -2.14. The Labute approximate surface area is 158 Å². The summed E-state index contributed by atoms with van der Waals surface area (Å²) in [7, 11) is 0. The van der Waals surface area contributed by atoms with Crippen LogP contribution in [-0.2, 0) is 11.3 Å². The maximum atomic E-state index is 12.1. The van der Waals surface area contributed by atoms with Gasteiger partial charge in [-0.1, -0.05) is 45.0 Å². The first kappa shape index (κ1) is 17.8. The Morgan fingerprint density at radius 1 is 1.36 bits per heavy atom. The summed E-state index contributed by atoms with van der Waals surface area (Å²) >= 11 is 4.84. The molecule has 130 valence electrons. The number of hydrogen-bond acceptors (Lipinski definition) is 5. The molecule has 1 amide bonds. The minimum absolute atomic E-state index is 0.144. The Morgan fingerprint density at radius 2 is 2.12 bits per heavy atom. The highest BCUT2D eigenvalue weighted by atomic mass is 79.9. The summed E-state index contributed by atoms with van der Waals surface area (Å²) in [4.78, 5) is 16.5. The van der Waals surface area contributed by atoms with E-state index in [9.17, 15) is 4.79 Å². The minimum Gasteiger partial charge on any atom is -0.360 e. The smallest absolute Gasteiger partial charge is 0.236 e. The molecule has 0 unspecified atom stereocenters. The Bertz CT molecular complexity index is 873. The zero-order valence-corrected chi connectivity index (χ0v) is 16.2. The summed E-state index contributed by atoms with van der Waals surface area (Å²) in [6.45, 7) is 4.61. The summed E-state index contributed by atoms with van der Waals surface area (Å²) in [6.07, 6.45) is 1.84. The first-order chi connectivity index (χ1) is 12.1. The topological polar surface area (TPSA) is 73.0 Å². The highest BCUT2D eigenvalue weighted by molar-refractivity contribution is 9.10. The van der Waals surface area contributed by atoms with Crippen molar-refractivity contribution < 1.29 is 9.32 Å². The van der Waals surface area contributed by atoms with Crippen molar-refractivity contribution >= 4 is 39.4 Å². The van der Waals surface area contributed by atoms with E-state index < -0.39 is 0 Å². The Kier molecular flexibility index (Phi) is 5.60. The van der Waals surface area contributed by atoms with Crippen LogP contribution in [0.4, 0.5) is 5.82 Å². The maximum Gasteiger partial charge on any atom is 0.236 e. The largest absolute Gasteiger partial charge is 0.360 e. The fourth-order valence-electron chi connectivity index (χ4n) is 2.36. The monoisotopic (exact) mass is 420 g/mol. The molecule has 1 N–H and O–H groups in total. The van der Waals surface area contributed by atoms with E-state index >= 15 is 0 Å². The summed E-state index contributed by atoms with van der Waals surface area (Å²) in [5, 5.41) is 7.27. The number of amides is 1. The number of nitrogens with one attached hydrogen (secondary N) is 1. The molecule has 3 aromatic rings. The Balaban J connectivity index is 1.68. The summed E-state index contributed by atoms with van der Waals surface area (Å²) in [6, 6.07) is 9.77. The van der Waals surface area contributed by atoms with Gasteiger partial charge in [-0.05, 0) is 31.5 Å². The van der Waals surface area contributed by atoms with Crippen molar-refractivity contribution in [2.24, 2.45) is 0 Å². The van der Waals surface area contributed by atoms with Crippen LogP contribution < -0.4 is 5.32 Å². The molecule has 0 spiro atoms. The Morgan fingerprint density at radius 3 is 2.76 bits per heavy atom. The van der Waals surface area contributed by atoms with Crippen molar-refractivity contribution in [3.05, 3.63) is 46.8 Å². The number of imidazole rings is 1. The van der Waals surface area contributed by atoms with E-state index in [1.165, 1.54) is 11.8 Å². The van der Waals surface area contributed by atoms with Gasteiger partial charge in [0, 0.05) is 17.1 Å². The molecule has 2 heterocycles. The molecule has 0 saturated heterocycles. The first-order valence-corrected chi connectivity index (χ1v) is 9.52. The van der Waals surface area contributed by atoms with Crippen LogP contribution in [0.15, 0.2) is 50.7 Å². The number of anilines is 1. The molecule has 0 radical (unpaired) electrons. The highest BCUT2D eigenvalue weighted by Crippen LogP contribution is 2.27. The van der Waals surface area contributed by atoms with Gasteiger partial charge in [0.15, 0.2) is 11.0 Å². The van der Waals surface area contributed by atoms with Gasteiger partial charge in [-0.25, -0.2) is 4.98 Å². The number of rotatable bonds is 6. The van der Waals surface area contributed by atoms with Gasteiger partial charge in [-0.2, -0.15) is 0 Å². The number of hydrogen-bond donors (Lipinski definition) is 1. The summed E-state index contributed by atoms with van der Waals surface area (Å²) in [5.74, 6) is 1.19. The molecule has 0 aliphatic carbocycles. The quantitative estimate of drug-likeness (QED) is 0.599. The van der Waals surface area contributed by atoms with Gasteiger partial charge in [-0.3, -0.25) is 4.79 Å². The molecule has 1 aromatic carbocycles. The van der Waals surface area contributed by atoms with Gasteiger partial charge >= 0.3 is 0 Å². The van der Waals surface area contributed by atoms with E-state index in [2.05, 4.69) is 42.9 Å².